The molecule has 0 spiro atoms. The van der Waals surface area contributed by atoms with Crippen LogP contribution >= 0.6 is 11.6 Å². The van der Waals surface area contributed by atoms with E-state index in [-0.39, 0.29) is 0 Å². The predicted molar refractivity (Wildman–Crippen MR) is 74.3 cm³/mol. The van der Waals surface area contributed by atoms with Crippen LogP contribution in [-0.2, 0) is 0 Å². The first-order chi connectivity index (χ1) is 8.83. The number of nitrogens with one attached hydrogen (secondary N) is 1. The number of rotatable bonds is 2. The molecule has 0 aliphatic rings. The van der Waals surface area contributed by atoms with Crippen molar-refractivity contribution in [1.82, 2.24) is 10.2 Å². The van der Waals surface area contributed by atoms with E-state index in [1.807, 2.05) is 48.5 Å². The molecule has 1 aromatic heterocycles. The highest BCUT2D eigenvalue weighted by atomic mass is 35.5. The Hall–Kier alpha value is -2.13. The largest absolute Gasteiger partial charge is 0.338 e. The van der Waals surface area contributed by atoms with E-state index in [1.54, 1.807) is 6.20 Å². The van der Waals surface area contributed by atoms with Crippen molar-refractivity contribution in [2.24, 2.45) is 0 Å². The average molecular weight is 256 g/mol. The van der Waals surface area contributed by atoms with Crippen molar-refractivity contribution in [3.8, 4) is 0 Å². The van der Waals surface area contributed by atoms with Gasteiger partial charge in [0.05, 0.1) is 6.20 Å². The molecule has 0 amide bonds. The van der Waals surface area contributed by atoms with Crippen molar-refractivity contribution in [2.75, 3.05) is 5.32 Å². The maximum atomic E-state index is 5.95. The molecule has 2 aromatic carbocycles. The number of hydrogen-bond donors (Lipinski definition) is 1. The summed E-state index contributed by atoms with van der Waals surface area (Å²) < 4.78 is 0. The monoisotopic (exact) mass is 255 g/mol. The number of hydrogen-bond acceptors (Lipinski definition) is 3. The molecule has 3 aromatic rings. The third kappa shape index (κ3) is 2.13. The lowest BCUT2D eigenvalue weighted by Gasteiger charge is -2.07. The van der Waals surface area contributed by atoms with Gasteiger partial charge < -0.3 is 5.32 Å². The first kappa shape index (κ1) is 11.0. The fraction of sp³-hybridized carbons (Fsp3) is 0. The van der Waals surface area contributed by atoms with Crippen LogP contribution in [-0.4, -0.2) is 10.2 Å². The van der Waals surface area contributed by atoms with E-state index < -0.39 is 0 Å². The number of aromatic nitrogens is 2. The maximum Gasteiger partial charge on any atom is 0.160 e. The van der Waals surface area contributed by atoms with Crippen molar-refractivity contribution >= 4 is 33.9 Å². The van der Waals surface area contributed by atoms with Gasteiger partial charge in [-0.1, -0.05) is 41.9 Å². The van der Waals surface area contributed by atoms with E-state index in [2.05, 4.69) is 15.5 Å². The number of benzene rings is 2. The van der Waals surface area contributed by atoms with Gasteiger partial charge in [-0.3, -0.25) is 0 Å². The fourth-order valence-corrected chi connectivity index (χ4v) is 2.01. The second-order valence-corrected chi connectivity index (χ2v) is 4.35. The Morgan fingerprint density at radius 2 is 1.89 bits per heavy atom. The summed E-state index contributed by atoms with van der Waals surface area (Å²) in [5, 5.41) is 14.1. The van der Waals surface area contributed by atoms with Gasteiger partial charge in [0.2, 0.25) is 0 Å². The zero-order valence-electron chi connectivity index (χ0n) is 9.47. The Balaban J connectivity index is 2.05. The van der Waals surface area contributed by atoms with E-state index in [0.717, 1.165) is 22.3 Å². The third-order valence-corrected chi connectivity index (χ3v) is 2.89. The summed E-state index contributed by atoms with van der Waals surface area (Å²) in [6.07, 6.45) is 1.75. The van der Waals surface area contributed by atoms with Gasteiger partial charge in [0.1, 0.15) is 0 Å². The van der Waals surface area contributed by atoms with E-state index in [9.17, 15) is 0 Å². The quantitative estimate of drug-likeness (QED) is 0.751. The van der Waals surface area contributed by atoms with E-state index in [1.165, 1.54) is 0 Å². The van der Waals surface area contributed by atoms with Crippen molar-refractivity contribution < 1.29 is 0 Å². The lowest BCUT2D eigenvalue weighted by molar-refractivity contribution is 1.05. The van der Waals surface area contributed by atoms with E-state index in [0.29, 0.717) is 5.02 Å². The first-order valence-corrected chi connectivity index (χ1v) is 5.94. The average Bonchev–Trinajstić information content (AvgIpc) is 2.39. The summed E-state index contributed by atoms with van der Waals surface area (Å²) in [6.45, 7) is 0. The molecule has 0 aliphatic carbocycles. The smallest absolute Gasteiger partial charge is 0.160 e. The molecule has 0 atom stereocenters. The molecular weight excluding hydrogens is 246 g/mol. The normalized spacial score (nSPS) is 10.5. The van der Waals surface area contributed by atoms with Gasteiger partial charge in [0, 0.05) is 21.5 Å². The first-order valence-electron chi connectivity index (χ1n) is 5.56. The van der Waals surface area contributed by atoms with Crippen LogP contribution < -0.4 is 5.32 Å². The van der Waals surface area contributed by atoms with Crippen LogP contribution in [0.15, 0.2) is 54.7 Å². The van der Waals surface area contributed by atoms with Crippen molar-refractivity contribution in [2.45, 2.75) is 0 Å². The summed E-state index contributed by atoms with van der Waals surface area (Å²) in [5.74, 6) is 0.732. The van der Waals surface area contributed by atoms with E-state index in [4.69, 9.17) is 11.6 Å². The van der Waals surface area contributed by atoms with Crippen LogP contribution in [0.25, 0.3) is 10.8 Å². The zero-order chi connectivity index (χ0) is 12.4. The Morgan fingerprint density at radius 3 is 2.78 bits per heavy atom. The van der Waals surface area contributed by atoms with Gasteiger partial charge in [-0.15, -0.1) is 5.10 Å². The van der Waals surface area contributed by atoms with Crippen LogP contribution in [0.1, 0.15) is 0 Å². The van der Waals surface area contributed by atoms with Crippen LogP contribution in [0.3, 0.4) is 0 Å². The van der Waals surface area contributed by atoms with Gasteiger partial charge >= 0.3 is 0 Å². The van der Waals surface area contributed by atoms with Gasteiger partial charge in [-0.05, 0) is 18.2 Å². The fourth-order valence-electron chi connectivity index (χ4n) is 1.82. The van der Waals surface area contributed by atoms with E-state index >= 15 is 0 Å². The summed E-state index contributed by atoms with van der Waals surface area (Å²) in [7, 11) is 0. The molecule has 0 saturated heterocycles. The minimum Gasteiger partial charge on any atom is -0.338 e. The number of fused-ring (bicyclic) bond motifs is 1. The molecule has 1 N–H and O–H groups in total. The zero-order valence-corrected chi connectivity index (χ0v) is 10.2. The van der Waals surface area contributed by atoms with Crippen LogP contribution in [0, 0.1) is 0 Å². The van der Waals surface area contributed by atoms with Crippen LogP contribution in [0.2, 0.25) is 5.02 Å². The SMILES string of the molecule is Clc1cccc(Nc2nncc3ccccc23)c1. The highest BCUT2D eigenvalue weighted by molar-refractivity contribution is 6.30. The van der Waals surface area contributed by atoms with Gasteiger partial charge in [0.15, 0.2) is 5.82 Å². The number of halogens is 1. The lowest BCUT2D eigenvalue weighted by atomic mass is 10.2. The Labute approximate surface area is 109 Å². The second-order valence-electron chi connectivity index (χ2n) is 3.92. The van der Waals surface area contributed by atoms with Crippen LogP contribution in [0.4, 0.5) is 11.5 Å². The Kier molecular flexibility index (Phi) is 2.82. The molecule has 1 heterocycles. The van der Waals surface area contributed by atoms with Gasteiger partial charge in [0.25, 0.3) is 0 Å². The molecular formula is C14H10ClN3. The molecule has 3 rings (SSSR count). The maximum absolute atomic E-state index is 5.95. The van der Waals surface area contributed by atoms with Crippen molar-refractivity contribution in [1.29, 1.82) is 0 Å². The van der Waals surface area contributed by atoms with Crippen LogP contribution in [0.5, 0.6) is 0 Å². The molecule has 4 heteroatoms. The predicted octanol–water partition coefficient (Wildman–Crippen LogP) is 4.03. The van der Waals surface area contributed by atoms with Gasteiger partial charge in [-0.25, -0.2) is 0 Å². The van der Waals surface area contributed by atoms with Gasteiger partial charge in [-0.2, -0.15) is 5.10 Å². The minimum atomic E-state index is 0.688. The molecule has 88 valence electrons. The standard InChI is InChI=1S/C14H10ClN3/c15-11-5-3-6-12(8-11)17-14-13-7-2-1-4-10(13)9-16-18-14/h1-9H,(H,17,18). The Morgan fingerprint density at radius 1 is 1.00 bits per heavy atom. The molecule has 0 bridgehead atoms. The topological polar surface area (TPSA) is 37.8 Å². The highest BCUT2D eigenvalue weighted by Gasteiger charge is 2.03. The summed E-state index contributed by atoms with van der Waals surface area (Å²) in [5.41, 5.74) is 0.896. The lowest BCUT2D eigenvalue weighted by Crippen LogP contribution is -1.96. The molecule has 0 aliphatic heterocycles. The Bertz CT molecular complexity index is 692. The summed E-state index contributed by atoms with van der Waals surface area (Å²) in [4.78, 5) is 0. The molecule has 0 radical (unpaired) electrons. The third-order valence-electron chi connectivity index (χ3n) is 2.66. The molecule has 0 fully saturated rings. The van der Waals surface area contributed by atoms with Crippen molar-refractivity contribution in [3.63, 3.8) is 0 Å². The minimum absolute atomic E-state index is 0.688. The summed E-state index contributed by atoms with van der Waals surface area (Å²) >= 11 is 5.95. The second kappa shape index (κ2) is 4.63. The number of nitrogens with zero attached hydrogens (tertiary/aromatic N) is 2. The molecule has 18 heavy (non-hydrogen) atoms. The summed E-state index contributed by atoms with van der Waals surface area (Å²) in [6, 6.07) is 15.5. The van der Waals surface area contributed by atoms with Crippen molar-refractivity contribution in [3.05, 3.63) is 59.8 Å². The highest BCUT2D eigenvalue weighted by Crippen LogP contribution is 2.24. The molecule has 0 unspecified atom stereocenters. The molecule has 0 saturated carbocycles. The molecule has 3 nitrogen and oxygen atoms in total. The number of anilines is 2.